The van der Waals surface area contributed by atoms with Crippen LogP contribution < -0.4 is 5.32 Å². The number of hydrogen-bond donors (Lipinski definition) is 1. The van der Waals surface area contributed by atoms with E-state index < -0.39 is 0 Å². The standard InChI is InChI=1S/C10H15Br2NOS/c1-3-4-14-6-8(13-2)9-5-7(11)10(12)15-9/h5,8,13H,3-4,6H2,1-2H3. The second-order valence-corrected chi connectivity index (χ2v) is 6.44. The molecule has 0 saturated carbocycles. The zero-order valence-electron chi connectivity index (χ0n) is 8.85. The van der Waals surface area contributed by atoms with E-state index in [1.165, 1.54) is 4.88 Å². The zero-order chi connectivity index (χ0) is 11.3. The van der Waals surface area contributed by atoms with E-state index in [0.717, 1.165) is 27.9 Å². The Morgan fingerprint density at radius 3 is 2.73 bits per heavy atom. The fraction of sp³-hybridized carbons (Fsp3) is 0.600. The van der Waals surface area contributed by atoms with Gasteiger partial charge < -0.3 is 10.1 Å². The average Bonchev–Trinajstić information content (AvgIpc) is 2.54. The predicted octanol–water partition coefficient (Wildman–Crippen LogP) is 3.96. The molecule has 1 aromatic heterocycles. The predicted molar refractivity (Wildman–Crippen MR) is 72.6 cm³/mol. The lowest BCUT2D eigenvalue weighted by Crippen LogP contribution is -2.20. The summed E-state index contributed by atoms with van der Waals surface area (Å²) in [6.07, 6.45) is 1.06. The maximum absolute atomic E-state index is 5.55. The van der Waals surface area contributed by atoms with Crippen molar-refractivity contribution in [3.63, 3.8) is 0 Å². The first-order chi connectivity index (χ1) is 7.19. The number of likely N-dealkylation sites (N-methyl/N-ethyl adjacent to an activating group) is 1. The molecule has 1 rings (SSSR count). The summed E-state index contributed by atoms with van der Waals surface area (Å²) < 4.78 is 7.80. The van der Waals surface area contributed by atoms with Crippen molar-refractivity contribution < 1.29 is 4.74 Å². The fourth-order valence-electron chi connectivity index (χ4n) is 1.19. The second kappa shape index (κ2) is 7.01. The Hall–Kier alpha value is 0.580. The Kier molecular flexibility index (Phi) is 6.38. The molecule has 15 heavy (non-hydrogen) atoms. The van der Waals surface area contributed by atoms with Crippen molar-refractivity contribution in [3.8, 4) is 0 Å². The molecule has 1 aromatic rings. The SMILES string of the molecule is CCCOCC(NC)c1cc(Br)c(Br)s1. The molecule has 0 amide bonds. The highest BCUT2D eigenvalue weighted by atomic mass is 79.9. The Balaban J connectivity index is 2.57. The monoisotopic (exact) mass is 355 g/mol. The van der Waals surface area contributed by atoms with Crippen LogP contribution in [0.15, 0.2) is 14.3 Å². The number of hydrogen-bond acceptors (Lipinski definition) is 3. The lowest BCUT2D eigenvalue weighted by Gasteiger charge is -2.14. The minimum Gasteiger partial charge on any atom is -0.379 e. The van der Waals surface area contributed by atoms with E-state index in [0.29, 0.717) is 0 Å². The van der Waals surface area contributed by atoms with Crippen molar-refractivity contribution in [3.05, 3.63) is 19.2 Å². The molecule has 0 aliphatic heterocycles. The van der Waals surface area contributed by atoms with Gasteiger partial charge in [-0.15, -0.1) is 11.3 Å². The number of rotatable bonds is 6. The Labute approximate surface area is 112 Å². The van der Waals surface area contributed by atoms with Crippen molar-refractivity contribution in [2.45, 2.75) is 19.4 Å². The molecule has 1 atom stereocenters. The lowest BCUT2D eigenvalue weighted by molar-refractivity contribution is 0.115. The van der Waals surface area contributed by atoms with Gasteiger partial charge in [0.25, 0.3) is 0 Å². The Morgan fingerprint density at radius 2 is 2.27 bits per heavy atom. The van der Waals surface area contributed by atoms with Gasteiger partial charge in [-0.2, -0.15) is 0 Å². The maximum atomic E-state index is 5.55. The van der Waals surface area contributed by atoms with Crippen molar-refractivity contribution in [2.24, 2.45) is 0 Å². The van der Waals surface area contributed by atoms with Gasteiger partial charge >= 0.3 is 0 Å². The molecule has 0 aliphatic carbocycles. The highest BCUT2D eigenvalue weighted by Crippen LogP contribution is 2.35. The minimum atomic E-state index is 0.282. The first-order valence-corrected chi connectivity index (χ1v) is 7.29. The van der Waals surface area contributed by atoms with Gasteiger partial charge in [-0.05, 0) is 51.4 Å². The van der Waals surface area contributed by atoms with E-state index in [-0.39, 0.29) is 6.04 Å². The summed E-state index contributed by atoms with van der Waals surface area (Å²) >= 11 is 8.72. The molecule has 1 N–H and O–H groups in total. The third kappa shape index (κ3) is 4.15. The molecule has 0 saturated heterocycles. The molecule has 0 aromatic carbocycles. The van der Waals surface area contributed by atoms with E-state index in [9.17, 15) is 0 Å². The molecule has 0 fully saturated rings. The Bertz CT molecular complexity index is 284. The molecule has 0 aliphatic rings. The first-order valence-electron chi connectivity index (χ1n) is 4.88. The zero-order valence-corrected chi connectivity index (χ0v) is 12.8. The van der Waals surface area contributed by atoms with Crippen molar-refractivity contribution in [2.75, 3.05) is 20.3 Å². The summed E-state index contributed by atoms with van der Waals surface area (Å²) in [4.78, 5) is 1.28. The largest absolute Gasteiger partial charge is 0.379 e. The molecule has 0 spiro atoms. The van der Waals surface area contributed by atoms with Crippen LogP contribution in [0, 0.1) is 0 Å². The van der Waals surface area contributed by atoms with E-state index in [1.54, 1.807) is 11.3 Å². The van der Waals surface area contributed by atoms with Gasteiger partial charge in [-0.3, -0.25) is 0 Å². The van der Waals surface area contributed by atoms with Gasteiger partial charge in [0.1, 0.15) is 0 Å². The van der Waals surface area contributed by atoms with Gasteiger partial charge in [0, 0.05) is 16.0 Å². The second-order valence-electron chi connectivity index (χ2n) is 3.19. The van der Waals surface area contributed by atoms with E-state index >= 15 is 0 Å². The maximum Gasteiger partial charge on any atom is 0.0843 e. The van der Waals surface area contributed by atoms with Gasteiger partial charge in [-0.25, -0.2) is 0 Å². The van der Waals surface area contributed by atoms with Crippen molar-refractivity contribution in [1.82, 2.24) is 5.32 Å². The topological polar surface area (TPSA) is 21.3 Å². The molecule has 1 heterocycles. The highest BCUT2D eigenvalue weighted by Gasteiger charge is 2.13. The number of thiophene rings is 1. The molecule has 1 unspecified atom stereocenters. The van der Waals surface area contributed by atoms with Crippen LogP contribution >= 0.6 is 43.2 Å². The summed E-state index contributed by atoms with van der Waals surface area (Å²) in [5.74, 6) is 0. The summed E-state index contributed by atoms with van der Waals surface area (Å²) in [6.45, 7) is 3.67. The quantitative estimate of drug-likeness (QED) is 0.779. The molecule has 86 valence electrons. The van der Waals surface area contributed by atoms with Gasteiger partial charge in [0.15, 0.2) is 0 Å². The van der Waals surface area contributed by atoms with Gasteiger partial charge in [0.05, 0.1) is 16.4 Å². The van der Waals surface area contributed by atoms with Crippen LogP contribution in [0.1, 0.15) is 24.3 Å². The van der Waals surface area contributed by atoms with Crippen LogP contribution in [0.4, 0.5) is 0 Å². The van der Waals surface area contributed by atoms with Crippen LogP contribution in [-0.2, 0) is 4.74 Å². The van der Waals surface area contributed by atoms with E-state index in [1.807, 2.05) is 7.05 Å². The number of nitrogens with one attached hydrogen (secondary N) is 1. The van der Waals surface area contributed by atoms with Gasteiger partial charge in [0.2, 0.25) is 0 Å². The lowest BCUT2D eigenvalue weighted by atomic mass is 10.2. The van der Waals surface area contributed by atoms with E-state index in [4.69, 9.17) is 4.74 Å². The van der Waals surface area contributed by atoms with Crippen LogP contribution in [0.3, 0.4) is 0 Å². The van der Waals surface area contributed by atoms with Crippen LogP contribution in [0.25, 0.3) is 0 Å². The van der Waals surface area contributed by atoms with Gasteiger partial charge in [-0.1, -0.05) is 6.92 Å². The molecule has 0 bridgehead atoms. The van der Waals surface area contributed by atoms with Crippen molar-refractivity contribution in [1.29, 1.82) is 0 Å². The molecular weight excluding hydrogens is 342 g/mol. The van der Waals surface area contributed by atoms with Crippen LogP contribution in [-0.4, -0.2) is 20.3 Å². The summed E-state index contributed by atoms with van der Waals surface area (Å²) in [6, 6.07) is 2.41. The molecular formula is C10H15Br2NOS. The summed E-state index contributed by atoms with van der Waals surface area (Å²) in [5.41, 5.74) is 0. The number of ether oxygens (including phenoxy) is 1. The van der Waals surface area contributed by atoms with Crippen LogP contribution in [0.5, 0.6) is 0 Å². The van der Waals surface area contributed by atoms with Crippen LogP contribution in [0.2, 0.25) is 0 Å². The third-order valence-corrected chi connectivity index (χ3v) is 5.36. The molecule has 0 radical (unpaired) electrons. The smallest absolute Gasteiger partial charge is 0.0843 e. The summed E-state index contributed by atoms with van der Waals surface area (Å²) in [5, 5.41) is 3.26. The molecule has 5 heteroatoms. The average molecular weight is 357 g/mol. The normalized spacial score (nSPS) is 13.1. The first kappa shape index (κ1) is 13.6. The van der Waals surface area contributed by atoms with Crippen molar-refractivity contribution >= 4 is 43.2 Å². The minimum absolute atomic E-state index is 0.282. The van der Waals surface area contributed by atoms with E-state index in [2.05, 4.69) is 50.2 Å². The fourth-order valence-corrected chi connectivity index (χ4v) is 3.37. The summed E-state index contributed by atoms with van der Waals surface area (Å²) in [7, 11) is 1.96. The number of halogens is 2. The third-order valence-electron chi connectivity index (χ3n) is 1.99. The highest BCUT2D eigenvalue weighted by molar-refractivity contribution is 9.13. The Morgan fingerprint density at radius 1 is 1.53 bits per heavy atom. The molecule has 2 nitrogen and oxygen atoms in total.